The zero-order chi connectivity index (χ0) is 5.70. The molecule has 0 aromatic heterocycles. The number of aliphatic hydroxyl groups is 1. The van der Waals surface area contributed by atoms with Crippen LogP contribution in [0.3, 0.4) is 0 Å². The van der Waals surface area contributed by atoms with Crippen molar-refractivity contribution in [1.29, 1.82) is 0 Å². The number of ether oxygens (including phenoxy) is 1. The van der Waals surface area contributed by atoms with Crippen LogP contribution < -0.4 is 5.73 Å². The summed E-state index contributed by atoms with van der Waals surface area (Å²) in [6.07, 6.45) is 0.259. The molecule has 0 heterocycles. The first-order chi connectivity index (χ1) is 3.31. The second kappa shape index (κ2) is 3.64. The molecule has 0 fully saturated rings. The molecule has 1 atom stereocenters. The van der Waals surface area contributed by atoms with Crippen molar-refractivity contribution >= 4 is 0 Å². The highest BCUT2D eigenvalue weighted by atomic mass is 16.6. The molecule has 0 aliphatic heterocycles. The fourth-order valence-corrected chi connectivity index (χ4v) is 0.167. The topological polar surface area (TPSA) is 55.5 Å². The molecule has 3 heteroatoms. The highest BCUT2D eigenvalue weighted by Crippen LogP contribution is 1.79. The summed E-state index contributed by atoms with van der Waals surface area (Å²) < 4.78 is 4.39. The highest BCUT2D eigenvalue weighted by Gasteiger charge is 1.92. The average molecular weight is 103 g/mol. The number of rotatable bonds is 3. The normalized spacial score (nSPS) is 12.9. The van der Waals surface area contributed by atoms with E-state index in [2.05, 4.69) is 11.3 Å². The molecule has 0 aliphatic carbocycles. The van der Waals surface area contributed by atoms with Crippen LogP contribution in [0.1, 0.15) is 0 Å². The first-order valence-electron chi connectivity index (χ1n) is 1.95. The van der Waals surface area contributed by atoms with Crippen LogP contribution in [0.5, 0.6) is 0 Å². The number of nitrogens with two attached hydrogens (primary N) is 1. The van der Waals surface area contributed by atoms with Crippen molar-refractivity contribution in [3.63, 3.8) is 0 Å². The van der Waals surface area contributed by atoms with Crippen LogP contribution in [0.2, 0.25) is 0 Å². The lowest BCUT2D eigenvalue weighted by Crippen LogP contribution is -2.20. The van der Waals surface area contributed by atoms with E-state index in [1.54, 1.807) is 0 Å². The maximum absolute atomic E-state index is 8.44. The summed E-state index contributed by atoms with van der Waals surface area (Å²) >= 11 is 0. The Balaban J connectivity index is 2.98. The Morgan fingerprint density at radius 2 is 2.57 bits per heavy atom. The predicted molar refractivity (Wildman–Crippen MR) is 26.3 cm³/mol. The van der Waals surface area contributed by atoms with Gasteiger partial charge in [0.15, 0.2) is 0 Å². The second-order valence-electron chi connectivity index (χ2n) is 0.993. The van der Waals surface area contributed by atoms with Crippen molar-refractivity contribution in [2.45, 2.75) is 6.29 Å². The van der Waals surface area contributed by atoms with Crippen molar-refractivity contribution in [3.05, 3.63) is 12.8 Å². The molecule has 3 nitrogen and oxygen atoms in total. The quantitative estimate of drug-likeness (QED) is 0.371. The summed E-state index contributed by atoms with van der Waals surface area (Å²) in [4.78, 5) is 0. The Bertz CT molecular complexity index is 55.7. The van der Waals surface area contributed by atoms with Crippen molar-refractivity contribution in [2.75, 3.05) is 6.54 Å². The fourth-order valence-electron chi connectivity index (χ4n) is 0.167. The minimum absolute atomic E-state index is 0.103. The smallest absolute Gasteiger partial charge is 0.208 e. The summed E-state index contributed by atoms with van der Waals surface area (Å²) in [6, 6.07) is 0. The Morgan fingerprint density at radius 1 is 2.00 bits per heavy atom. The van der Waals surface area contributed by atoms with Gasteiger partial charge in [-0.25, -0.2) is 0 Å². The summed E-state index contributed by atoms with van der Waals surface area (Å²) in [6.45, 7) is 3.31. The summed E-state index contributed by atoms with van der Waals surface area (Å²) in [5.41, 5.74) is 4.94. The van der Waals surface area contributed by atoms with E-state index in [0.29, 0.717) is 0 Å². The zero-order valence-corrected chi connectivity index (χ0v) is 4.00. The molecule has 0 radical (unpaired) electrons. The maximum Gasteiger partial charge on any atom is 0.208 e. The summed E-state index contributed by atoms with van der Waals surface area (Å²) in [5, 5.41) is 8.44. The molecule has 42 valence electrons. The summed E-state index contributed by atoms with van der Waals surface area (Å²) in [5.74, 6) is 0. The van der Waals surface area contributed by atoms with E-state index in [0.717, 1.165) is 6.26 Å². The standard InChI is InChI=1S/C4H9NO2/c1-2-7-4(6)3-5/h2,4,6H,1,3,5H2. The van der Waals surface area contributed by atoms with Crippen molar-refractivity contribution in [3.8, 4) is 0 Å². The average Bonchev–Trinajstić information content (AvgIpc) is 1.68. The Hall–Kier alpha value is -0.540. The minimum Gasteiger partial charge on any atom is -0.472 e. The zero-order valence-electron chi connectivity index (χ0n) is 4.00. The molecule has 0 aromatic carbocycles. The van der Waals surface area contributed by atoms with Crippen LogP contribution in [0.4, 0.5) is 0 Å². The maximum atomic E-state index is 8.44. The minimum atomic E-state index is -0.891. The van der Waals surface area contributed by atoms with Gasteiger partial charge in [-0.2, -0.15) is 0 Å². The van der Waals surface area contributed by atoms with Crippen LogP contribution in [-0.2, 0) is 4.74 Å². The molecular weight excluding hydrogens is 94.0 g/mol. The van der Waals surface area contributed by atoms with Crippen LogP contribution in [-0.4, -0.2) is 17.9 Å². The van der Waals surface area contributed by atoms with E-state index in [9.17, 15) is 0 Å². The van der Waals surface area contributed by atoms with Gasteiger partial charge in [-0.15, -0.1) is 0 Å². The van der Waals surface area contributed by atoms with Gasteiger partial charge in [0.25, 0.3) is 0 Å². The molecule has 0 saturated carbocycles. The fraction of sp³-hybridized carbons (Fsp3) is 0.500. The van der Waals surface area contributed by atoms with Crippen molar-refractivity contribution < 1.29 is 9.84 Å². The van der Waals surface area contributed by atoms with E-state index < -0.39 is 6.29 Å². The van der Waals surface area contributed by atoms with Crippen LogP contribution in [0.25, 0.3) is 0 Å². The van der Waals surface area contributed by atoms with Gasteiger partial charge in [0.05, 0.1) is 12.8 Å². The molecular formula is C4H9NO2. The highest BCUT2D eigenvalue weighted by molar-refractivity contribution is 4.51. The molecule has 0 spiro atoms. The third-order valence-electron chi connectivity index (χ3n) is 0.455. The molecule has 1 unspecified atom stereocenters. The monoisotopic (exact) mass is 103 g/mol. The second-order valence-corrected chi connectivity index (χ2v) is 0.993. The van der Waals surface area contributed by atoms with E-state index in [-0.39, 0.29) is 6.54 Å². The largest absolute Gasteiger partial charge is 0.472 e. The first kappa shape index (κ1) is 6.46. The number of hydrogen-bond donors (Lipinski definition) is 2. The van der Waals surface area contributed by atoms with Crippen LogP contribution >= 0.6 is 0 Å². The van der Waals surface area contributed by atoms with Crippen molar-refractivity contribution in [1.82, 2.24) is 0 Å². The molecule has 0 bridgehead atoms. The SMILES string of the molecule is C=COC(O)CN. The lowest BCUT2D eigenvalue weighted by Gasteiger charge is -2.03. The Kier molecular flexibility index (Phi) is 3.36. The third kappa shape index (κ3) is 3.29. The molecule has 0 aliphatic rings. The Labute approximate surface area is 42.4 Å². The van der Waals surface area contributed by atoms with Gasteiger partial charge in [0.2, 0.25) is 6.29 Å². The van der Waals surface area contributed by atoms with Gasteiger partial charge in [0.1, 0.15) is 0 Å². The molecule has 0 saturated heterocycles. The van der Waals surface area contributed by atoms with Gasteiger partial charge in [-0.05, 0) is 0 Å². The predicted octanol–water partition coefficient (Wildman–Crippen LogP) is -0.576. The Morgan fingerprint density at radius 3 is 2.71 bits per heavy atom. The lowest BCUT2D eigenvalue weighted by atomic mass is 10.7. The molecule has 0 amide bonds. The van der Waals surface area contributed by atoms with Crippen LogP contribution in [0, 0.1) is 0 Å². The van der Waals surface area contributed by atoms with Gasteiger partial charge in [-0.1, -0.05) is 6.58 Å². The molecule has 7 heavy (non-hydrogen) atoms. The lowest BCUT2D eigenvalue weighted by molar-refractivity contribution is -0.0421. The van der Waals surface area contributed by atoms with E-state index in [1.165, 1.54) is 0 Å². The van der Waals surface area contributed by atoms with E-state index >= 15 is 0 Å². The summed E-state index contributed by atoms with van der Waals surface area (Å²) in [7, 11) is 0. The third-order valence-corrected chi connectivity index (χ3v) is 0.455. The van der Waals surface area contributed by atoms with Gasteiger partial charge in [-0.3, -0.25) is 0 Å². The van der Waals surface area contributed by atoms with Gasteiger partial charge < -0.3 is 15.6 Å². The van der Waals surface area contributed by atoms with E-state index in [4.69, 9.17) is 10.8 Å². The van der Waals surface area contributed by atoms with Crippen molar-refractivity contribution in [2.24, 2.45) is 5.73 Å². The van der Waals surface area contributed by atoms with Gasteiger partial charge in [0, 0.05) is 0 Å². The first-order valence-corrected chi connectivity index (χ1v) is 1.95. The molecule has 0 aromatic rings. The number of aliphatic hydroxyl groups excluding tert-OH is 1. The van der Waals surface area contributed by atoms with Crippen LogP contribution in [0.15, 0.2) is 12.8 Å². The number of hydrogen-bond acceptors (Lipinski definition) is 3. The molecule has 3 N–H and O–H groups in total. The van der Waals surface area contributed by atoms with Gasteiger partial charge >= 0.3 is 0 Å². The molecule has 0 rings (SSSR count). The van der Waals surface area contributed by atoms with E-state index in [1.807, 2.05) is 0 Å².